The van der Waals surface area contributed by atoms with Gasteiger partial charge in [0.2, 0.25) is 0 Å². The molecule has 0 spiro atoms. The molecule has 0 atom stereocenters. The van der Waals surface area contributed by atoms with Crippen LogP contribution in [0.15, 0.2) is 47.3 Å². The minimum Gasteiger partial charge on any atom is -0.282 e. The molecule has 0 fully saturated rings. The highest BCUT2D eigenvalue weighted by atomic mass is 79.9. The van der Waals surface area contributed by atoms with Crippen LogP contribution in [0.1, 0.15) is 0 Å². The molecule has 3 heterocycles. The van der Waals surface area contributed by atoms with E-state index < -0.39 is 0 Å². The maximum atomic E-state index is 4.16. The quantitative estimate of drug-likeness (QED) is 0.685. The maximum Gasteiger partial charge on any atom is 0.169 e. The average Bonchev–Trinajstić information content (AvgIpc) is 2.73. The highest BCUT2D eigenvalue weighted by Crippen LogP contribution is 2.19. The van der Waals surface area contributed by atoms with Gasteiger partial charge in [-0.1, -0.05) is 15.9 Å². The summed E-state index contributed by atoms with van der Waals surface area (Å²) < 4.78 is 2.92. The molecule has 5 heteroatoms. The first kappa shape index (κ1) is 9.47. The van der Waals surface area contributed by atoms with Crippen LogP contribution in [0, 0.1) is 0 Å². The van der Waals surface area contributed by atoms with E-state index in [0.29, 0.717) is 0 Å². The molecule has 16 heavy (non-hydrogen) atoms. The van der Waals surface area contributed by atoms with Gasteiger partial charge in [-0.25, -0.2) is 0 Å². The summed E-state index contributed by atoms with van der Waals surface area (Å²) in [4.78, 5) is 4.07. The highest BCUT2D eigenvalue weighted by molar-refractivity contribution is 9.10. The molecule has 3 aromatic heterocycles. The second kappa shape index (κ2) is 3.68. The van der Waals surface area contributed by atoms with Crippen LogP contribution in [0.2, 0.25) is 0 Å². The summed E-state index contributed by atoms with van der Waals surface area (Å²) in [5, 5.41) is 8.27. The molecule has 78 valence electrons. The molecule has 0 bridgehead atoms. The van der Waals surface area contributed by atoms with Crippen LogP contribution in [0.25, 0.3) is 17.0 Å². The van der Waals surface area contributed by atoms with Gasteiger partial charge < -0.3 is 0 Å². The lowest BCUT2D eigenvalue weighted by Gasteiger charge is -1.98. The van der Waals surface area contributed by atoms with Crippen LogP contribution in [0.3, 0.4) is 0 Å². The van der Waals surface area contributed by atoms with E-state index in [4.69, 9.17) is 0 Å². The average molecular weight is 275 g/mol. The van der Waals surface area contributed by atoms with E-state index >= 15 is 0 Å². The van der Waals surface area contributed by atoms with Gasteiger partial charge in [0, 0.05) is 28.6 Å². The lowest BCUT2D eigenvalue weighted by Crippen LogP contribution is -1.89. The fourth-order valence-electron chi connectivity index (χ4n) is 1.56. The molecule has 0 aliphatic rings. The third kappa shape index (κ3) is 1.49. The van der Waals surface area contributed by atoms with Gasteiger partial charge in [0.25, 0.3) is 0 Å². The molecule has 3 aromatic rings. The van der Waals surface area contributed by atoms with Crippen molar-refractivity contribution in [3.05, 3.63) is 47.3 Å². The van der Waals surface area contributed by atoms with Crippen molar-refractivity contribution in [2.24, 2.45) is 0 Å². The zero-order valence-electron chi connectivity index (χ0n) is 8.21. The summed E-state index contributed by atoms with van der Waals surface area (Å²) in [6.45, 7) is 0. The number of aromatic nitrogens is 4. The van der Waals surface area contributed by atoms with E-state index in [9.17, 15) is 0 Å². The van der Waals surface area contributed by atoms with E-state index in [0.717, 1.165) is 21.5 Å². The predicted octanol–water partition coefficient (Wildman–Crippen LogP) is 2.55. The van der Waals surface area contributed by atoms with Crippen LogP contribution in [-0.2, 0) is 0 Å². The number of hydrogen-bond donors (Lipinski definition) is 0. The van der Waals surface area contributed by atoms with Gasteiger partial charge in [-0.3, -0.25) is 9.38 Å². The normalized spacial score (nSPS) is 10.8. The number of hydrogen-bond acceptors (Lipinski definition) is 3. The zero-order valence-corrected chi connectivity index (χ0v) is 9.79. The Morgan fingerprint density at radius 1 is 1.19 bits per heavy atom. The van der Waals surface area contributed by atoms with Crippen molar-refractivity contribution in [3.8, 4) is 11.4 Å². The first-order valence-electron chi connectivity index (χ1n) is 4.75. The Morgan fingerprint density at radius 2 is 2.12 bits per heavy atom. The molecule has 0 aliphatic heterocycles. The minimum atomic E-state index is 0.801. The largest absolute Gasteiger partial charge is 0.282 e. The summed E-state index contributed by atoms with van der Waals surface area (Å²) in [7, 11) is 0. The van der Waals surface area contributed by atoms with E-state index in [1.807, 2.05) is 34.9 Å². The van der Waals surface area contributed by atoms with Gasteiger partial charge in [0.15, 0.2) is 11.5 Å². The number of pyridine rings is 2. The van der Waals surface area contributed by atoms with Crippen molar-refractivity contribution in [3.63, 3.8) is 0 Å². The van der Waals surface area contributed by atoms with Gasteiger partial charge >= 0.3 is 0 Å². The van der Waals surface area contributed by atoms with Crippen LogP contribution < -0.4 is 0 Å². The van der Waals surface area contributed by atoms with E-state index in [2.05, 4.69) is 31.1 Å². The van der Waals surface area contributed by atoms with Crippen LogP contribution in [0.5, 0.6) is 0 Å². The minimum absolute atomic E-state index is 0.801. The van der Waals surface area contributed by atoms with E-state index in [1.165, 1.54) is 0 Å². The fraction of sp³-hybridized carbons (Fsp3) is 0. The maximum absolute atomic E-state index is 4.16. The third-order valence-electron chi connectivity index (χ3n) is 2.29. The molecule has 0 saturated heterocycles. The van der Waals surface area contributed by atoms with Gasteiger partial charge in [-0.2, -0.15) is 0 Å². The summed E-state index contributed by atoms with van der Waals surface area (Å²) in [5.41, 5.74) is 1.77. The Morgan fingerprint density at radius 3 is 2.94 bits per heavy atom. The summed E-state index contributed by atoms with van der Waals surface area (Å²) >= 11 is 3.40. The lowest BCUT2D eigenvalue weighted by atomic mass is 10.3. The lowest BCUT2D eigenvalue weighted by molar-refractivity contribution is 1.10. The molecule has 0 unspecified atom stereocenters. The summed E-state index contributed by atoms with van der Waals surface area (Å²) in [5.74, 6) is 0.801. The third-order valence-corrected chi connectivity index (χ3v) is 2.78. The van der Waals surface area contributed by atoms with Crippen LogP contribution in [-0.4, -0.2) is 19.6 Å². The molecule has 0 amide bonds. The van der Waals surface area contributed by atoms with E-state index in [1.54, 1.807) is 12.4 Å². The number of nitrogens with zero attached hydrogens (tertiary/aromatic N) is 4. The topological polar surface area (TPSA) is 43.1 Å². The fourth-order valence-corrected chi connectivity index (χ4v) is 1.88. The standard InChI is InChI=1S/C11H7BrN4/c12-9-3-5-16-10(6-9)14-15-11(16)8-2-1-4-13-7-8/h1-7H. The van der Waals surface area contributed by atoms with Gasteiger partial charge in [-0.05, 0) is 24.3 Å². The molecular formula is C11H7BrN4. The van der Waals surface area contributed by atoms with Crippen molar-refractivity contribution >= 4 is 21.6 Å². The smallest absolute Gasteiger partial charge is 0.169 e. The molecule has 0 radical (unpaired) electrons. The number of fused-ring (bicyclic) bond motifs is 1. The Bertz CT molecular complexity index is 633. The number of halogens is 1. The van der Waals surface area contributed by atoms with Crippen LogP contribution >= 0.6 is 15.9 Å². The molecule has 0 saturated carbocycles. The Hall–Kier alpha value is -1.75. The molecular weight excluding hydrogens is 268 g/mol. The Kier molecular flexibility index (Phi) is 2.18. The molecule has 0 N–H and O–H groups in total. The Labute approximate surface area is 100 Å². The van der Waals surface area contributed by atoms with Crippen molar-refractivity contribution in [1.29, 1.82) is 0 Å². The van der Waals surface area contributed by atoms with Crippen molar-refractivity contribution < 1.29 is 0 Å². The molecule has 3 rings (SSSR count). The zero-order chi connectivity index (χ0) is 11.0. The Balaban J connectivity index is 2.26. The van der Waals surface area contributed by atoms with Gasteiger partial charge in [-0.15, -0.1) is 10.2 Å². The number of rotatable bonds is 1. The second-order valence-corrected chi connectivity index (χ2v) is 4.25. The van der Waals surface area contributed by atoms with Crippen molar-refractivity contribution in [2.75, 3.05) is 0 Å². The predicted molar refractivity (Wildman–Crippen MR) is 63.9 cm³/mol. The second-order valence-electron chi connectivity index (χ2n) is 3.34. The molecule has 4 nitrogen and oxygen atoms in total. The van der Waals surface area contributed by atoms with Gasteiger partial charge in [0.05, 0.1) is 0 Å². The van der Waals surface area contributed by atoms with Gasteiger partial charge in [0.1, 0.15) is 0 Å². The van der Waals surface area contributed by atoms with Crippen molar-refractivity contribution in [1.82, 2.24) is 19.6 Å². The first-order valence-corrected chi connectivity index (χ1v) is 5.54. The van der Waals surface area contributed by atoms with Crippen LogP contribution in [0.4, 0.5) is 0 Å². The van der Waals surface area contributed by atoms with E-state index in [-0.39, 0.29) is 0 Å². The van der Waals surface area contributed by atoms with Crippen molar-refractivity contribution in [2.45, 2.75) is 0 Å². The SMILES string of the molecule is Brc1ccn2c(-c3cccnc3)nnc2c1. The molecule has 0 aromatic carbocycles. The molecule has 0 aliphatic carbocycles. The summed E-state index contributed by atoms with van der Waals surface area (Å²) in [6, 6.07) is 7.73. The monoisotopic (exact) mass is 274 g/mol. The highest BCUT2D eigenvalue weighted by Gasteiger charge is 2.07. The summed E-state index contributed by atoms with van der Waals surface area (Å²) in [6.07, 6.45) is 5.45. The first-order chi connectivity index (χ1) is 7.84.